The van der Waals surface area contributed by atoms with E-state index in [1.807, 2.05) is 36.4 Å². The van der Waals surface area contributed by atoms with Gasteiger partial charge in [0, 0.05) is 16.5 Å². The molecule has 0 aromatic heterocycles. The fourth-order valence-corrected chi connectivity index (χ4v) is 5.27. The lowest BCUT2D eigenvalue weighted by Crippen LogP contribution is -2.36. The SMILES string of the molecule is Cc1ccc(C2=NC(c3ccccc3)N=C(c3ccccc3)N2)cc1C(C)(C)c1ccccc1C(C)C. The lowest BCUT2D eigenvalue weighted by Gasteiger charge is -2.32. The summed E-state index contributed by atoms with van der Waals surface area (Å²) >= 11 is 0. The van der Waals surface area contributed by atoms with Gasteiger partial charge in [0.15, 0.2) is 6.17 Å². The molecule has 0 spiro atoms. The number of aliphatic imine (C=N–C) groups is 2. The molecule has 0 fully saturated rings. The van der Waals surface area contributed by atoms with Gasteiger partial charge in [-0.2, -0.15) is 0 Å². The first kappa shape index (κ1) is 24.7. The summed E-state index contributed by atoms with van der Waals surface area (Å²) in [7, 11) is 0. The lowest BCUT2D eigenvalue weighted by atomic mass is 9.72. The Morgan fingerprint density at radius 2 is 1.27 bits per heavy atom. The summed E-state index contributed by atoms with van der Waals surface area (Å²) in [4.78, 5) is 10.1. The molecule has 1 heterocycles. The van der Waals surface area contributed by atoms with Gasteiger partial charge in [-0.1, -0.05) is 125 Å². The largest absolute Gasteiger partial charge is 0.324 e. The Labute approximate surface area is 221 Å². The lowest BCUT2D eigenvalue weighted by molar-refractivity contribution is 0.619. The third-order valence-electron chi connectivity index (χ3n) is 7.33. The molecular formula is C34H35N3. The number of benzene rings is 4. The number of nitrogens with one attached hydrogen (secondary N) is 1. The molecule has 3 nitrogen and oxygen atoms in total. The molecule has 0 radical (unpaired) electrons. The van der Waals surface area contributed by atoms with Gasteiger partial charge in [0.1, 0.15) is 11.7 Å². The number of aryl methyl sites for hydroxylation is 1. The molecule has 0 saturated heterocycles. The molecular weight excluding hydrogens is 450 g/mol. The molecule has 37 heavy (non-hydrogen) atoms. The van der Waals surface area contributed by atoms with Gasteiger partial charge in [0.25, 0.3) is 0 Å². The molecule has 4 aromatic rings. The number of hydrogen-bond donors (Lipinski definition) is 1. The average Bonchev–Trinajstić information content (AvgIpc) is 2.94. The monoisotopic (exact) mass is 485 g/mol. The second-order valence-corrected chi connectivity index (χ2v) is 10.6. The van der Waals surface area contributed by atoms with Gasteiger partial charge in [-0.3, -0.25) is 0 Å². The van der Waals surface area contributed by atoms with Crippen LogP contribution in [0.1, 0.15) is 78.7 Å². The first-order valence-corrected chi connectivity index (χ1v) is 13.1. The van der Waals surface area contributed by atoms with Gasteiger partial charge in [-0.05, 0) is 46.7 Å². The van der Waals surface area contributed by atoms with Gasteiger partial charge < -0.3 is 5.32 Å². The van der Waals surface area contributed by atoms with Crippen molar-refractivity contribution in [3.8, 4) is 0 Å². The molecule has 1 N–H and O–H groups in total. The highest BCUT2D eigenvalue weighted by Gasteiger charge is 2.29. The maximum atomic E-state index is 5.09. The molecule has 0 amide bonds. The highest BCUT2D eigenvalue weighted by molar-refractivity contribution is 6.16. The topological polar surface area (TPSA) is 36.8 Å². The van der Waals surface area contributed by atoms with Crippen LogP contribution >= 0.6 is 0 Å². The first-order valence-electron chi connectivity index (χ1n) is 13.1. The van der Waals surface area contributed by atoms with Crippen LogP contribution in [0.4, 0.5) is 0 Å². The Morgan fingerprint density at radius 1 is 0.676 bits per heavy atom. The predicted octanol–water partition coefficient (Wildman–Crippen LogP) is 7.94. The average molecular weight is 486 g/mol. The van der Waals surface area contributed by atoms with Gasteiger partial charge in [-0.25, -0.2) is 9.98 Å². The van der Waals surface area contributed by atoms with Crippen LogP contribution in [0, 0.1) is 6.92 Å². The smallest absolute Gasteiger partial charge is 0.169 e. The highest BCUT2D eigenvalue weighted by atomic mass is 15.2. The van der Waals surface area contributed by atoms with Gasteiger partial charge in [-0.15, -0.1) is 0 Å². The maximum Gasteiger partial charge on any atom is 0.169 e. The summed E-state index contributed by atoms with van der Waals surface area (Å²) in [6, 6.07) is 36.1. The van der Waals surface area contributed by atoms with E-state index in [9.17, 15) is 0 Å². The molecule has 1 unspecified atom stereocenters. The van der Waals surface area contributed by atoms with E-state index in [0.717, 1.165) is 28.4 Å². The van der Waals surface area contributed by atoms with E-state index >= 15 is 0 Å². The second kappa shape index (κ2) is 10.2. The van der Waals surface area contributed by atoms with E-state index in [1.54, 1.807) is 0 Å². The predicted molar refractivity (Wildman–Crippen MR) is 156 cm³/mol. The molecule has 1 aliphatic heterocycles. The number of amidine groups is 2. The minimum absolute atomic E-state index is 0.161. The summed E-state index contributed by atoms with van der Waals surface area (Å²) in [5.41, 5.74) is 8.39. The summed E-state index contributed by atoms with van der Waals surface area (Å²) < 4.78 is 0. The third-order valence-corrected chi connectivity index (χ3v) is 7.33. The molecule has 5 rings (SSSR count). The highest BCUT2D eigenvalue weighted by Crippen LogP contribution is 2.38. The summed E-state index contributed by atoms with van der Waals surface area (Å²) in [5.74, 6) is 2.14. The molecule has 1 atom stereocenters. The Hall–Kier alpha value is -3.98. The van der Waals surface area contributed by atoms with Gasteiger partial charge >= 0.3 is 0 Å². The van der Waals surface area contributed by atoms with Crippen LogP contribution in [0.25, 0.3) is 0 Å². The molecule has 186 valence electrons. The van der Waals surface area contributed by atoms with Crippen molar-refractivity contribution >= 4 is 11.7 Å². The Morgan fingerprint density at radius 3 is 1.95 bits per heavy atom. The molecule has 3 heteroatoms. The van der Waals surface area contributed by atoms with Crippen LogP contribution in [0.3, 0.4) is 0 Å². The van der Waals surface area contributed by atoms with Gasteiger partial charge in [0.05, 0.1) is 0 Å². The molecule has 0 aliphatic carbocycles. The quantitative estimate of drug-likeness (QED) is 0.296. The Bertz CT molecular complexity index is 1450. The fraction of sp³-hybridized carbons (Fsp3) is 0.235. The van der Waals surface area contributed by atoms with Crippen molar-refractivity contribution in [3.63, 3.8) is 0 Å². The van der Waals surface area contributed by atoms with E-state index in [4.69, 9.17) is 9.98 Å². The number of rotatable bonds is 6. The van der Waals surface area contributed by atoms with Crippen molar-refractivity contribution in [2.75, 3.05) is 0 Å². The molecule has 0 bridgehead atoms. The van der Waals surface area contributed by atoms with Crippen LogP contribution in [0.15, 0.2) is 113 Å². The zero-order valence-corrected chi connectivity index (χ0v) is 22.4. The van der Waals surface area contributed by atoms with Crippen molar-refractivity contribution in [3.05, 3.63) is 142 Å². The van der Waals surface area contributed by atoms with Crippen molar-refractivity contribution < 1.29 is 0 Å². The van der Waals surface area contributed by atoms with E-state index in [1.165, 1.54) is 22.3 Å². The van der Waals surface area contributed by atoms with Gasteiger partial charge in [0.2, 0.25) is 0 Å². The number of hydrogen-bond acceptors (Lipinski definition) is 3. The summed E-state index contributed by atoms with van der Waals surface area (Å²) in [6.45, 7) is 11.4. The van der Waals surface area contributed by atoms with Crippen LogP contribution in [-0.4, -0.2) is 11.7 Å². The van der Waals surface area contributed by atoms with Crippen molar-refractivity contribution in [2.24, 2.45) is 9.98 Å². The second-order valence-electron chi connectivity index (χ2n) is 10.6. The van der Waals surface area contributed by atoms with E-state index in [-0.39, 0.29) is 11.6 Å². The molecule has 0 saturated carbocycles. The van der Waals surface area contributed by atoms with Crippen molar-refractivity contribution in [1.82, 2.24) is 5.32 Å². The van der Waals surface area contributed by atoms with Crippen molar-refractivity contribution in [1.29, 1.82) is 0 Å². The molecule has 1 aliphatic rings. The fourth-order valence-electron chi connectivity index (χ4n) is 5.27. The minimum Gasteiger partial charge on any atom is -0.324 e. The third kappa shape index (κ3) is 4.99. The van der Waals surface area contributed by atoms with E-state index in [2.05, 4.69) is 107 Å². The van der Waals surface area contributed by atoms with Crippen LogP contribution in [0.2, 0.25) is 0 Å². The molecule has 4 aromatic carbocycles. The minimum atomic E-state index is -0.299. The normalized spacial score (nSPS) is 15.7. The van der Waals surface area contributed by atoms with E-state index < -0.39 is 0 Å². The van der Waals surface area contributed by atoms with E-state index in [0.29, 0.717) is 5.92 Å². The van der Waals surface area contributed by atoms with Crippen molar-refractivity contribution in [2.45, 2.75) is 52.1 Å². The zero-order chi connectivity index (χ0) is 26.0. The first-order chi connectivity index (χ1) is 17.8. The zero-order valence-electron chi connectivity index (χ0n) is 22.4. The number of nitrogens with zero attached hydrogens (tertiary/aromatic N) is 2. The van der Waals surface area contributed by atoms with Crippen LogP contribution in [0.5, 0.6) is 0 Å². The van der Waals surface area contributed by atoms with Crippen LogP contribution in [-0.2, 0) is 5.41 Å². The summed E-state index contributed by atoms with van der Waals surface area (Å²) in [5, 5.41) is 3.55. The summed E-state index contributed by atoms with van der Waals surface area (Å²) in [6.07, 6.45) is -0.299. The Kier molecular flexibility index (Phi) is 6.80. The maximum absolute atomic E-state index is 5.09. The Balaban J connectivity index is 1.60. The van der Waals surface area contributed by atoms with Crippen LogP contribution < -0.4 is 5.32 Å². The standard InChI is InChI=1S/C34H35N3/c1-23(2)28-18-12-13-19-29(28)34(4,5)30-22-27(21-20-24(30)3)33-36-31(25-14-8-6-9-15-25)35-32(37-33)26-16-10-7-11-17-26/h6-23,31H,1-5H3,(H,35,36,37).